The molecule has 0 saturated carbocycles. The van der Waals surface area contributed by atoms with Crippen molar-refractivity contribution in [1.29, 1.82) is 0 Å². The molecule has 1 unspecified atom stereocenters. The van der Waals surface area contributed by atoms with Gasteiger partial charge in [-0.3, -0.25) is 9.59 Å². The van der Waals surface area contributed by atoms with E-state index in [0.29, 0.717) is 36.5 Å². The molecular formula is C32H40ClF2N3O4. The number of piperidine rings is 2. The average molecular weight is 604 g/mol. The quantitative estimate of drug-likeness (QED) is 0.323. The van der Waals surface area contributed by atoms with E-state index in [-0.39, 0.29) is 30.3 Å². The number of hydrogen-bond donors (Lipinski definition) is 0. The Morgan fingerprint density at radius 2 is 1.62 bits per heavy atom. The molecule has 0 aliphatic carbocycles. The van der Waals surface area contributed by atoms with Crippen molar-refractivity contribution >= 4 is 29.1 Å². The SMILES string of the molecule is C=CCOC(C(=O)N1CCC(OC2CCN(c3ccc(C(=O)N(C)C)c(Cl)c3)CC2)CC1)(c1ccccc1)C(C)(F)F. The second kappa shape index (κ2) is 13.5. The zero-order chi connectivity index (χ0) is 30.5. The minimum absolute atomic E-state index is 0.0567. The summed E-state index contributed by atoms with van der Waals surface area (Å²) in [5, 5.41) is 0.429. The van der Waals surface area contributed by atoms with E-state index in [9.17, 15) is 9.59 Å². The molecule has 0 spiro atoms. The molecule has 2 aliphatic rings. The fourth-order valence-electron chi connectivity index (χ4n) is 5.75. The number of halogens is 3. The third-order valence-electron chi connectivity index (χ3n) is 8.03. The van der Waals surface area contributed by atoms with Crippen LogP contribution >= 0.6 is 11.6 Å². The summed E-state index contributed by atoms with van der Waals surface area (Å²) in [5.41, 5.74) is -0.878. The van der Waals surface area contributed by atoms with Crippen LogP contribution in [0.15, 0.2) is 61.2 Å². The molecule has 1 atom stereocenters. The molecule has 2 aliphatic heterocycles. The molecule has 228 valence electrons. The summed E-state index contributed by atoms with van der Waals surface area (Å²) in [6.45, 7) is 6.31. The van der Waals surface area contributed by atoms with E-state index in [1.54, 1.807) is 38.4 Å². The minimum atomic E-state index is -3.47. The molecule has 2 aromatic rings. The van der Waals surface area contributed by atoms with Gasteiger partial charge in [-0.2, -0.15) is 0 Å². The summed E-state index contributed by atoms with van der Waals surface area (Å²) in [4.78, 5) is 31.3. The van der Waals surface area contributed by atoms with Gasteiger partial charge < -0.3 is 24.2 Å². The van der Waals surface area contributed by atoms with Crippen LogP contribution in [-0.4, -0.2) is 86.6 Å². The van der Waals surface area contributed by atoms with E-state index in [1.807, 2.05) is 12.1 Å². The van der Waals surface area contributed by atoms with Crippen LogP contribution in [0.3, 0.4) is 0 Å². The van der Waals surface area contributed by atoms with Crippen LogP contribution in [0, 0.1) is 0 Å². The summed E-state index contributed by atoms with van der Waals surface area (Å²) in [5.74, 6) is -4.35. The van der Waals surface area contributed by atoms with E-state index in [4.69, 9.17) is 21.1 Å². The Bertz CT molecular complexity index is 1240. The van der Waals surface area contributed by atoms with Crippen LogP contribution in [0.4, 0.5) is 14.5 Å². The molecule has 7 nitrogen and oxygen atoms in total. The molecule has 42 heavy (non-hydrogen) atoms. The van der Waals surface area contributed by atoms with E-state index >= 15 is 8.78 Å². The van der Waals surface area contributed by atoms with Gasteiger partial charge in [0.15, 0.2) is 0 Å². The summed E-state index contributed by atoms with van der Waals surface area (Å²) in [6.07, 6.45) is 4.15. The number of amides is 2. The van der Waals surface area contributed by atoms with Crippen molar-refractivity contribution in [2.75, 3.05) is 51.8 Å². The molecule has 2 fully saturated rings. The van der Waals surface area contributed by atoms with E-state index in [0.717, 1.165) is 38.5 Å². The van der Waals surface area contributed by atoms with Gasteiger partial charge in [-0.25, -0.2) is 8.78 Å². The van der Waals surface area contributed by atoms with Crippen LogP contribution in [0.1, 0.15) is 48.5 Å². The van der Waals surface area contributed by atoms with Gasteiger partial charge in [0.25, 0.3) is 17.7 Å². The Hall–Kier alpha value is -3.01. The summed E-state index contributed by atoms with van der Waals surface area (Å²) in [6, 6.07) is 13.5. The topological polar surface area (TPSA) is 62.3 Å². The van der Waals surface area contributed by atoms with Crippen molar-refractivity contribution in [2.24, 2.45) is 0 Å². The standard InChI is InChI=1S/C32H40ClF2N3O4/c1-5-21-41-32(31(2,34)35,23-9-7-6-8-10-23)30(40)38-19-15-26(16-20-38)42-25-13-17-37(18-14-25)24-11-12-27(28(33)22-24)29(39)36(3)4/h5-12,22,25-26H,1,13-21H2,2-4H3. The molecule has 2 saturated heterocycles. The van der Waals surface area contributed by atoms with Gasteiger partial charge >= 0.3 is 0 Å². The normalized spacial score (nSPS) is 18.4. The van der Waals surface area contributed by atoms with Crippen molar-refractivity contribution in [2.45, 2.75) is 56.3 Å². The highest BCUT2D eigenvalue weighted by molar-refractivity contribution is 6.34. The van der Waals surface area contributed by atoms with Gasteiger partial charge in [-0.1, -0.05) is 48.0 Å². The Morgan fingerprint density at radius 3 is 2.14 bits per heavy atom. The zero-order valence-electron chi connectivity index (χ0n) is 24.5. The van der Waals surface area contributed by atoms with Crippen molar-refractivity contribution in [3.8, 4) is 0 Å². The van der Waals surface area contributed by atoms with Crippen molar-refractivity contribution in [3.05, 3.63) is 77.3 Å². The van der Waals surface area contributed by atoms with Crippen LogP contribution in [0.25, 0.3) is 0 Å². The molecule has 0 aromatic heterocycles. The van der Waals surface area contributed by atoms with Gasteiger partial charge in [0.1, 0.15) is 0 Å². The number of nitrogens with zero attached hydrogens (tertiary/aromatic N) is 3. The van der Waals surface area contributed by atoms with Gasteiger partial charge in [0, 0.05) is 52.9 Å². The minimum Gasteiger partial charge on any atom is -0.375 e. The summed E-state index contributed by atoms with van der Waals surface area (Å²) >= 11 is 6.41. The molecule has 2 aromatic carbocycles. The highest BCUT2D eigenvalue weighted by Crippen LogP contribution is 2.43. The first-order chi connectivity index (χ1) is 20.0. The van der Waals surface area contributed by atoms with Crippen LogP contribution in [0.2, 0.25) is 5.02 Å². The lowest BCUT2D eigenvalue weighted by atomic mass is 9.85. The van der Waals surface area contributed by atoms with Gasteiger partial charge in [-0.15, -0.1) is 6.58 Å². The number of likely N-dealkylation sites (tertiary alicyclic amines) is 1. The number of benzene rings is 2. The highest BCUT2D eigenvalue weighted by atomic mass is 35.5. The van der Waals surface area contributed by atoms with E-state index < -0.39 is 17.4 Å². The van der Waals surface area contributed by atoms with Crippen LogP contribution in [-0.2, 0) is 19.9 Å². The first-order valence-electron chi connectivity index (χ1n) is 14.4. The molecular weight excluding hydrogens is 564 g/mol. The molecule has 10 heteroatoms. The molecule has 2 heterocycles. The van der Waals surface area contributed by atoms with Crippen molar-refractivity contribution in [3.63, 3.8) is 0 Å². The lowest BCUT2D eigenvalue weighted by molar-refractivity contribution is -0.215. The predicted molar refractivity (Wildman–Crippen MR) is 160 cm³/mol. The predicted octanol–water partition coefficient (Wildman–Crippen LogP) is 5.77. The number of anilines is 1. The Morgan fingerprint density at radius 1 is 1.02 bits per heavy atom. The maximum atomic E-state index is 15.2. The van der Waals surface area contributed by atoms with Crippen molar-refractivity contribution < 1.29 is 27.8 Å². The third-order valence-corrected chi connectivity index (χ3v) is 8.34. The smallest absolute Gasteiger partial charge is 0.287 e. The fraction of sp³-hybridized carbons (Fsp3) is 0.500. The second-order valence-electron chi connectivity index (χ2n) is 11.2. The summed E-state index contributed by atoms with van der Waals surface area (Å²) in [7, 11) is 3.39. The van der Waals surface area contributed by atoms with E-state index in [1.165, 1.54) is 28.0 Å². The maximum absolute atomic E-state index is 15.2. The number of carbonyl (C=O) groups excluding carboxylic acids is 2. The fourth-order valence-corrected chi connectivity index (χ4v) is 6.00. The Labute approximate surface area is 252 Å². The number of ether oxygens (including phenoxy) is 2. The van der Waals surface area contributed by atoms with E-state index in [2.05, 4.69) is 11.5 Å². The summed E-state index contributed by atoms with van der Waals surface area (Å²) < 4.78 is 42.6. The number of hydrogen-bond acceptors (Lipinski definition) is 5. The highest BCUT2D eigenvalue weighted by Gasteiger charge is 2.60. The third kappa shape index (κ3) is 6.79. The average Bonchev–Trinajstić information content (AvgIpc) is 2.97. The number of alkyl halides is 2. The molecule has 0 N–H and O–H groups in total. The molecule has 4 rings (SSSR count). The molecule has 2 amide bonds. The lowest BCUT2D eigenvalue weighted by Gasteiger charge is -2.43. The van der Waals surface area contributed by atoms with Crippen molar-refractivity contribution in [1.82, 2.24) is 9.80 Å². The first kappa shape index (κ1) is 31.9. The van der Waals surface area contributed by atoms with Gasteiger partial charge in [-0.05, 0) is 49.4 Å². The Balaban J connectivity index is 1.34. The van der Waals surface area contributed by atoms with Gasteiger partial charge in [0.2, 0.25) is 5.60 Å². The maximum Gasteiger partial charge on any atom is 0.287 e. The zero-order valence-corrected chi connectivity index (χ0v) is 25.3. The van der Waals surface area contributed by atoms with Crippen LogP contribution in [0.5, 0.6) is 0 Å². The van der Waals surface area contributed by atoms with Crippen LogP contribution < -0.4 is 4.90 Å². The number of carbonyl (C=O) groups is 2. The Kier molecular flexibility index (Phi) is 10.3. The molecule has 0 bridgehead atoms. The van der Waals surface area contributed by atoms with Gasteiger partial charge in [0.05, 0.1) is 29.4 Å². The number of rotatable bonds is 10. The molecule has 0 radical (unpaired) electrons. The first-order valence-corrected chi connectivity index (χ1v) is 14.7. The lowest BCUT2D eigenvalue weighted by Crippen LogP contribution is -2.59. The second-order valence-corrected chi connectivity index (χ2v) is 11.6. The monoisotopic (exact) mass is 603 g/mol. The largest absolute Gasteiger partial charge is 0.375 e.